The maximum Gasteiger partial charge on any atom is 0.407 e. The number of aliphatic hydroxyl groups is 1. The number of para-hydroxylation sites is 1. The number of aromatic nitrogens is 2. The molecular formula is C32H42N4O5. The van der Waals surface area contributed by atoms with Crippen LogP contribution in [0, 0.1) is 11.8 Å². The Labute approximate surface area is 242 Å². The van der Waals surface area contributed by atoms with Gasteiger partial charge in [0.15, 0.2) is 0 Å². The average molecular weight is 563 g/mol. The van der Waals surface area contributed by atoms with Gasteiger partial charge < -0.3 is 25.2 Å². The topological polar surface area (TPSA) is 123 Å². The van der Waals surface area contributed by atoms with Crippen LogP contribution in [0.3, 0.4) is 0 Å². The molecule has 1 aliphatic carbocycles. The standard InChI is InChI=1S/C32H42N4O5/c1-20(37)21(2)40-29-15-14-24(19-33-29)28-16-26(25-8-6-7-9-27(25)36-28)30(38)34-17-22-10-12-23(13-11-22)18-35-31(39)41-32(3,4)5/h6-9,14-16,19-23,37H,10-13,17-18H2,1-5H3,(H,34,38)(H,35,39). The summed E-state index contributed by atoms with van der Waals surface area (Å²) < 4.78 is 11.0. The summed E-state index contributed by atoms with van der Waals surface area (Å²) in [6.07, 6.45) is 4.29. The molecule has 3 aromatic rings. The van der Waals surface area contributed by atoms with Crippen LogP contribution in [0.25, 0.3) is 22.2 Å². The minimum absolute atomic E-state index is 0.128. The van der Waals surface area contributed by atoms with Crippen molar-refractivity contribution in [1.82, 2.24) is 20.6 Å². The lowest BCUT2D eigenvalue weighted by molar-refractivity contribution is 0.0512. The minimum atomic E-state index is -0.615. The van der Waals surface area contributed by atoms with Gasteiger partial charge in [0.1, 0.15) is 11.7 Å². The molecule has 1 aliphatic rings. The zero-order chi connectivity index (χ0) is 29.6. The normalized spacial score (nSPS) is 18.8. The third-order valence-corrected chi connectivity index (χ3v) is 7.43. The summed E-state index contributed by atoms with van der Waals surface area (Å²) in [7, 11) is 0. The van der Waals surface area contributed by atoms with Gasteiger partial charge in [0.2, 0.25) is 5.88 Å². The Bertz CT molecular complexity index is 1330. The lowest BCUT2D eigenvalue weighted by Crippen LogP contribution is -2.37. The Hall–Kier alpha value is -3.72. The van der Waals surface area contributed by atoms with E-state index in [0.717, 1.165) is 42.1 Å². The predicted molar refractivity (Wildman–Crippen MR) is 159 cm³/mol. The van der Waals surface area contributed by atoms with Crippen LogP contribution in [0.5, 0.6) is 5.88 Å². The molecule has 1 fully saturated rings. The number of ether oxygens (including phenoxy) is 2. The van der Waals surface area contributed by atoms with Crippen LogP contribution in [0.4, 0.5) is 4.79 Å². The molecule has 2 amide bonds. The van der Waals surface area contributed by atoms with Gasteiger partial charge in [0.25, 0.3) is 5.91 Å². The highest BCUT2D eigenvalue weighted by Gasteiger charge is 2.24. The van der Waals surface area contributed by atoms with Crippen LogP contribution >= 0.6 is 0 Å². The Morgan fingerprint density at radius 3 is 2.27 bits per heavy atom. The van der Waals surface area contributed by atoms with Crippen LogP contribution < -0.4 is 15.4 Å². The summed E-state index contributed by atoms with van der Waals surface area (Å²) >= 11 is 0. The molecule has 220 valence electrons. The second kappa shape index (κ2) is 13.3. The third-order valence-electron chi connectivity index (χ3n) is 7.43. The van der Waals surface area contributed by atoms with Crippen molar-refractivity contribution < 1.29 is 24.2 Å². The largest absolute Gasteiger partial charge is 0.472 e. The first-order valence-electron chi connectivity index (χ1n) is 14.4. The van der Waals surface area contributed by atoms with Crippen molar-refractivity contribution >= 4 is 22.9 Å². The van der Waals surface area contributed by atoms with Gasteiger partial charge in [0, 0.05) is 36.3 Å². The summed E-state index contributed by atoms with van der Waals surface area (Å²) in [5, 5.41) is 16.5. The van der Waals surface area contributed by atoms with E-state index in [9.17, 15) is 14.7 Å². The second-order valence-electron chi connectivity index (χ2n) is 12.0. The molecule has 2 unspecified atom stereocenters. The molecule has 4 rings (SSSR count). The number of carbonyl (C=O) groups is 2. The molecule has 1 saturated carbocycles. The lowest BCUT2D eigenvalue weighted by atomic mass is 9.82. The molecule has 2 aromatic heterocycles. The number of fused-ring (bicyclic) bond motifs is 1. The summed E-state index contributed by atoms with van der Waals surface area (Å²) in [6.45, 7) is 10.2. The molecule has 41 heavy (non-hydrogen) atoms. The van der Waals surface area contributed by atoms with Gasteiger partial charge in [-0.3, -0.25) is 4.79 Å². The highest BCUT2D eigenvalue weighted by Crippen LogP contribution is 2.29. The van der Waals surface area contributed by atoms with E-state index in [0.29, 0.717) is 42.1 Å². The number of nitrogens with zero attached hydrogens (tertiary/aromatic N) is 2. The third kappa shape index (κ3) is 8.63. The first-order valence-corrected chi connectivity index (χ1v) is 14.4. The Morgan fingerprint density at radius 2 is 1.66 bits per heavy atom. The summed E-state index contributed by atoms with van der Waals surface area (Å²) in [5.74, 6) is 1.10. The maximum absolute atomic E-state index is 13.4. The Morgan fingerprint density at radius 1 is 1.00 bits per heavy atom. The lowest BCUT2D eigenvalue weighted by Gasteiger charge is -2.29. The van der Waals surface area contributed by atoms with E-state index >= 15 is 0 Å². The van der Waals surface area contributed by atoms with Crippen LogP contribution in [0.2, 0.25) is 0 Å². The molecule has 0 radical (unpaired) electrons. The molecule has 9 heteroatoms. The van der Waals surface area contributed by atoms with E-state index in [1.54, 1.807) is 26.1 Å². The van der Waals surface area contributed by atoms with Crippen LogP contribution in [-0.4, -0.2) is 58.0 Å². The van der Waals surface area contributed by atoms with Crippen molar-refractivity contribution in [3.8, 4) is 17.1 Å². The molecule has 0 bridgehead atoms. The summed E-state index contributed by atoms with van der Waals surface area (Å²) in [6, 6.07) is 13.0. The van der Waals surface area contributed by atoms with Crippen molar-refractivity contribution in [3.63, 3.8) is 0 Å². The van der Waals surface area contributed by atoms with Crippen molar-refractivity contribution in [2.45, 2.75) is 78.1 Å². The van der Waals surface area contributed by atoms with Crippen molar-refractivity contribution in [2.75, 3.05) is 13.1 Å². The molecule has 1 aromatic carbocycles. The maximum atomic E-state index is 13.4. The predicted octanol–water partition coefficient (Wildman–Crippen LogP) is 5.51. The van der Waals surface area contributed by atoms with Crippen molar-refractivity contribution in [1.29, 1.82) is 0 Å². The highest BCUT2D eigenvalue weighted by atomic mass is 16.6. The van der Waals surface area contributed by atoms with Gasteiger partial charge in [0.05, 0.1) is 22.9 Å². The molecule has 0 aliphatic heterocycles. The quantitative estimate of drug-likeness (QED) is 0.314. The van der Waals surface area contributed by atoms with Gasteiger partial charge in [-0.05, 0) is 90.3 Å². The SMILES string of the molecule is CC(O)C(C)Oc1ccc(-c2cc(C(=O)NCC3CCC(CNC(=O)OC(C)(C)C)CC3)c3ccccc3n2)cn1. The second-order valence-corrected chi connectivity index (χ2v) is 12.0. The monoisotopic (exact) mass is 562 g/mol. The van der Waals surface area contributed by atoms with Gasteiger partial charge >= 0.3 is 6.09 Å². The summed E-state index contributed by atoms with van der Waals surface area (Å²) in [4.78, 5) is 34.5. The number of carbonyl (C=O) groups excluding carboxylic acids is 2. The van der Waals surface area contributed by atoms with Gasteiger partial charge in [-0.2, -0.15) is 0 Å². The van der Waals surface area contributed by atoms with Crippen LogP contribution in [-0.2, 0) is 4.74 Å². The zero-order valence-electron chi connectivity index (χ0n) is 24.6. The fourth-order valence-corrected chi connectivity index (χ4v) is 4.92. The van der Waals surface area contributed by atoms with Gasteiger partial charge in [-0.15, -0.1) is 0 Å². The minimum Gasteiger partial charge on any atom is -0.472 e. The number of amides is 2. The molecular weight excluding hydrogens is 520 g/mol. The Balaban J connectivity index is 1.36. The van der Waals surface area contributed by atoms with Crippen molar-refractivity contribution in [2.24, 2.45) is 11.8 Å². The molecule has 0 spiro atoms. The highest BCUT2D eigenvalue weighted by molar-refractivity contribution is 6.07. The van der Waals surface area contributed by atoms with Gasteiger partial charge in [-0.25, -0.2) is 14.8 Å². The number of benzene rings is 1. The van der Waals surface area contributed by atoms with Crippen LogP contribution in [0.15, 0.2) is 48.7 Å². The number of rotatable bonds is 9. The number of hydrogen-bond acceptors (Lipinski definition) is 7. The number of aliphatic hydroxyl groups excluding tert-OH is 1. The fraction of sp³-hybridized carbons (Fsp3) is 0.500. The fourth-order valence-electron chi connectivity index (χ4n) is 4.92. The first-order chi connectivity index (χ1) is 19.5. The molecule has 2 atom stereocenters. The van der Waals surface area contributed by atoms with Crippen molar-refractivity contribution in [3.05, 3.63) is 54.2 Å². The molecule has 9 nitrogen and oxygen atoms in total. The zero-order valence-corrected chi connectivity index (χ0v) is 24.6. The van der Waals surface area contributed by atoms with E-state index < -0.39 is 11.7 Å². The number of pyridine rings is 2. The smallest absolute Gasteiger partial charge is 0.407 e. The summed E-state index contributed by atoms with van der Waals surface area (Å²) in [5.41, 5.74) is 2.21. The average Bonchev–Trinajstić information content (AvgIpc) is 2.94. The Kier molecular flexibility index (Phi) is 9.81. The van der Waals surface area contributed by atoms with E-state index in [4.69, 9.17) is 14.5 Å². The number of alkyl carbamates (subject to hydrolysis) is 1. The number of nitrogens with one attached hydrogen (secondary N) is 2. The van der Waals surface area contributed by atoms with Crippen LogP contribution in [0.1, 0.15) is 70.7 Å². The van der Waals surface area contributed by atoms with Gasteiger partial charge in [-0.1, -0.05) is 18.2 Å². The van der Waals surface area contributed by atoms with E-state index in [1.165, 1.54) is 0 Å². The van der Waals surface area contributed by atoms with E-state index in [2.05, 4.69) is 15.6 Å². The van der Waals surface area contributed by atoms with E-state index in [1.807, 2.05) is 57.2 Å². The van der Waals surface area contributed by atoms with E-state index in [-0.39, 0.29) is 18.1 Å². The first kappa shape index (κ1) is 30.2. The number of hydrogen-bond donors (Lipinski definition) is 3. The molecule has 0 saturated heterocycles. The molecule has 2 heterocycles. The molecule has 3 N–H and O–H groups in total.